The van der Waals surface area contributed by atoms with Crippen LogP contribution in [0.4, 0.5) is 11.4 Å². The number of hydrogen-bond donors (Lipinski definition) is 3. The Labute approximate surface area is 114 Å². The molecule has 0 spiro atoms. The van der Waals surface area contributed by atoms with Crippen molar-refractivity contribution >= 4 is 17.3 Å². The van der Waals surface area contributed by atoms with Crippen LogP contribution in [0.3, 0.4) is 0 Å². The van der Waals surface area contributed by atoms with E-state index < -0.39 is 5.91 Å². The molecule has 4 heteroatoms. The molecule has 1 aliphatic carbocycles. The quantitative estimate of drug-likeness (QED) is 0.729. The Hall–Kier alpha value is -1.71. The van der Waals surface area contributed by atoms with Crippen molar-refractivity contribution in [2.45, 2.75) is 32.6 Å². The van der Waals surface area contributed by atoms with Gasteiger partial charge in [-0.3, -0.25) is 4.79 Å². The molecule has 4 nitrogen and oxygen atoms in total. The minimum atomic E-state index is -0.445. The molecule has 1 fully saturated rings. The molecular formula is C15H23N3O. The number of carbonyl (C=O) groups excluding carboxylic acids is 1. The van der Waals surface area contributed by atoms with Crippen LogP contribution in [0.5, 0.6) is 0 Å². The van der Waals surface area contributed by atoms with Gasteiger partial charge in [0.05, 0.1) is 11.4 Å². The smallest absolute Gasteiger partial charge is 0.248 e. The minimum absolute atomic E-state index is 0.445. The molecule has 0 aliphatic heterocycles. The first-order valence-electron chi connectivity index (χ1n) is 6.99. The monoisotopic (exact) mass is 261 g/mol. The van der Waals surface area contributed by atoms with E-state index >= 15 is 0 Å². The van der Waals surface area contributed by atoms with Crippen molar-refractivity contribution in [2.24, 2.45) is 17.6 Å². The van der Waals surface area contributed by atoms with E-state index in [4.69, 9.17) is 11.5 Å². The molecule has 0 atom stereocenters. The highest BCUT2D eigenvalue weighted by molar-refractivity contribution is 5.94. The summed E-state index contributed by atoms with van der Waals surface area (Å²) in [7, 11) is 0. The van der Waals surface area contributed by atoms with Crippen LogP contribution in [0.1, 0.15) is 43.0 Å². The van der Waals surface area contributed by atoms with Gasteiger partial charge in [-0.1, -0.05) is 19.8 Å². The highest BCUT2D eigenvalue weighted by atomic mass is 16.1. The predicted octanol–water partition coefficient (Wildman–Crippen LogP) is 2.61. The summed E-state index contributed by atoms with van der Waals surface area (Å²) in [4.78, 5) is 11.0. The van der Waals surface area contributed by atoms with Gasteiger partial charge in [0, 0.05) is 12.1 Å². The van der Waals surface area contributed by atoms with E-state index in [0.717, 1.165) is 24.1 Å². The molecule has 0 saturated heterocycles. The molecule has 0 heterocycles. The Morgan fingerprint density at radius 1 is 1.32 bits per heavy atom. The van der Waals surface area contributed by atoms with Gasteiger partial charge in [-0.2, -0.15) is 0 Å². The first-order chi connectivity index (χ1) is 9.06. The van der Waals surface area contributed by atoms with Crippen molar-refractivity contribution < 1.29 is 4.79 Å². The summed E-state index contributed by atoms with van der Waals surface area (Å²) < 4.78 is 0. The summed E-state index contributed by atoms with van der Waals surface area (Å²) in [5.74, 6) is 1.15. The fourth-order valence-corrected chi connectivity index (χ4v) is 2.66. The molecule has 2 rings (SSSR count). The molecule has 0 unspecified atom stereocenters. The number of primary amides is 1. The zero-order valence-electron chi connectivity index (χ0n) is 11.5. The zero-order chi connectivity index (χ0) is 13.8. The second-order valence-corrected chi connectivity index (χ2v) is 5.67. The van der Waals surface area contributed by atoms with E-state index in [9.17, 15) is 4.79 Å². The molecule has 5 N–H and O–H groups in total. The molecule has 1 aromatic rings. The molecule has 104 valence electrons. The first-order valence-corrected chi connectivity index (χ1v) is 6.99. The SMILES string of the molecule is CC1CCC(CNc2ccc(C(N)=O)cc2N)CC1. The van der Waals surface area contributed by atoms with Crippen molar-refractivity contribution in [3.63, 3.8) is 0 Å². The Bertz CT molecular complexity index is 451. The number of amides is 1. The lowest BCUT2D eigenvalue weighted by Crippen LogP contribution is -2.20. The van der Waals surface area contributed by atoms with Gasteiger partial charge in [-0.15, -0.1) is 0 Å². The molecule has 0 bridgehead atoms. The van der Waals surface area contributed by atoms with E-state index in [2.05, 4.69) is 12.2 Å². The Balaban J connectivity index is 1.91. The normalized spacial score (nSPS) is 23.0. The van der Waals surface area contributed by atoms with Gasteiger partial charge in [-0.25, -0.2) is 0 Å². The van der Waals surface area contributed by atoms with Gasteiger partial charge in [0.1, 0.15) is 0 Å². The van der Waals surface area contributed by atoms with Crippen LogP contribution in [-0.2, 0) is 0 Å². The second kappa shape index (κ2) is 5.95. The van der Waals surface area contributed by atoms with Gasteiger partial charge in [0.2, 0.25) is 5.91 Å². The summed E-state index contributed by atoms with van der Waals surface area (Å²) in [6, 6.07) is 5.18. The number of nitrogens with two attached hydrogens (primary N) is 2. The van der Waals surface area contributed by atoms with E-state index in [1.807, 2.05) is 6.07 Å². The van der Waals surface area contributed by atoms with E-state index in [0.29, 0.717) is 11.3 Å². The van der Waals surface area contributed by atoms with Crippen LogP contribution in [0.15, 0.2) is 18.2 Å². The third-order valence-corrected chi connectivity index (χ3v) is 4.05. The topological polar surface area (TPSA) is 81.1 Å². The summed E-state index contributed by atoms with van der Waals surface area (Å²) in [5, 5.41) is 3.39. The minimum Gasteiger partial charge on any atom is -0.397 e. The number of hydrogen-bond acceptors (Lipinski definition) is 3. The fourth-order valence-electron chi connectivity index (χ4n) is 2.66. The van der Waals surface area contributed by atoms with Gasteiger partial charge in [-0.05, 0) is 42.9 Å². The number of rotatable bonds is 4. The van der Waals surface area contributed by atoms with E-state index in [-0.39, 0.29) is 0 Å². The second-order valence-electron chi connectivity index (χ2n) is 5.67. The maximum absolute atomic E-state index is 11.0. The molecule has 1 saturated carbocycles. The van der Waals surface area contributed by atoms with Crippen molar-refractivity contribution in [3.8, 4) is 0 Å². The molecule has 19 heavy (non-hydrogen) atoms. The third-order valence-electron chi connectivity index (χ3n) is 4.05. The standard InChI is InChI=1S/C15H23N3O/c1-10-2-4-11(5-3-10)9-18-14-7-6-12(15(17)19)8-13(14)16/h6-8,10-11,18H,2-5,9,16H2,1H3,(H2,17,19). The molecule has 0 aromatic heterocycles. The molecule has 0 radical (unpaired) electrons. The van der Waals surface area contributed by atoms with Crippen molar-refractivity contribution in [3.05, 3.63) is 23.8 Å². The van der Waals surface area contributed by atoms with E-state index in [1.165, 1.54) is 25.7 Å². The van der Waals surface area contributed by atoms with Gasteiger partial charge in [0.25, 0.3) is 0 Å². The van der Waals surface area contributed by atoms with Crippen LogP contribution >= 0.6 is 0 Å². The highest BCUT2D eigenvalue weighted by Gasteiger charge is 2.18. The molecule has 1 amide bonds. The average Bonchev–Trinajstić information content (AvgIpc) is 2.39. The lowest BCUT2D eigenvalue weighted by Gasteiger charge is -2.26. The van der Waals surface area contributed by atoms with Crippen LogP contribution in [-0.4, -0.2) is 12.5 Å². The number of benzene rings is 1. The first kappa shape index (κ1) is 13.7. The summed E-state index contributed by atoms with van der Waals surface area (Å²) in [5.41, 5.74) is 13.1. The lowest BCUT2D eigenvalue weighted by molar-refractivity contribution is 0.100. The Kier molecular flexibility index (Phi) is 4.30. The maximum atomic E-state index is 11.0. The van der Waals surface area contributed by atoms with Gasteiger partial charge < -0.3 is 16.8 Å². The van der Waals surface area contributed by atoms with Crippen molar-refractivity contribution in [2.75, 3.05) is 17.6 Å². The fraction of sp³-hybridized carbons (Fsp3) is 0.533. The van der Waals surface area contributed by atoms with Crippen molar-refractivity contribution in [1.29, 1.82) is 0 Å². The maximum Gasteiger partial charge on any atom is 0.248 e. The molecular weight excluding hydrogens is 238 g/mol. The molecule has 1 aromatic carbocycles. The Morgan fingerprint density at radius 3 is 2.58 bits per heavy atom. The van der Waals surface area contributed by atoms with Gasteiger partial charge in [0.15, 0.2) is 0 Å². The number of nitrogens with one attached hydrogen (secondary N) is 1. The summed E-state index contributed by atoms with van der Waals surface area (Å²) in [6.45, 7) is 3.27. The number of nitrogen functional groups attached to an aromatic ring is 1. The van der Waals surface area contributed by atoms with Crippen LogP contribution in [0.25, 0.3) is 0 Å². The largest absolute Gasteiger partial charge is 0.397 e. The Morgan fingerprint density at radius 2 is 2.00 bits per heavy atom. The third kappa shape index (κ3) is 3.63. The van der Waals surface area contributed by atoms with E-state index in [1.54, 1.807) is 12.1 Å². The van der Waals surface area contributed by atoms with Crippen LogP contribution in [0, 0.1) is 11.8 Å². The summed E-state index contributed by atoms with van der Waals surface area (Å²) in [6.07, 6.45) is 5.21. The summed E-state index contributed by atoms with van der Waals surface area (Å²) >= 11 is 0. The molecule has 1 aliphatic rings. The van der Waals surface area contributed by atoms with Gasteiger partial charge >= 0.3 is 0 Å². The number of anilines is 2. The van der Waals surface area contributed by atoms with Crippen LogP contribution < -0.4 is 16.8 Å². The predicted molar refractivity (Wildman–Crippen MR) is 79.0 cm³/mol. The lowest BCUT2D eigenvalue weighted by atomic mass is 9.83. The zero-order valence-corrected chi connectivity index (χ0v) is 11.5. The highest BCUT2D eigenvalue weighted by Crippen LogP contribution is 2.29. The van der Waals surface area contributed by atoms with Crippen molar-refractivity contribution in [1.82, 2.24) is 0 Å². The average molecular weight is 261 g/mol. The number of carbonyl (C=O) groups is 1. The van der Waals surface area contributed by atoms with Crippen LogP contribution in [0.2, 0.25) is 0 Å².